The maximum Gasteiger partial charge on any atom is 0.262 e. The topological polar surface area (TPSA) is 112 Å². The first-order chi connectivity index (χ1) is 15.6. The fraction of sp³-hybridized carbons (Fsp3) is 0.364. The molecular weight excluding hydrogens is 432 g/mol. The van der Waals surface area contributed by atoms with Crippen LogP contribution in [-0.2, 0) is 29.0 Å². The summed E-state index contributed by atoms with van der Waals surface area (Å²) >= 11 is 1.58. The molecule has 0 saturated heterocycles. The van der Waals surface area contributed by atoms with Crippen molar-refractivity contribution in [3.05, 3.63) is 45.3 Å². The molecule has 0 atom stereocenters. The van der Waals surface area contributed by atoms with E-state index in [0.717, 1.165) is 36.1 Å². The van der Waals surface area contributed by atoms with Gasteiger partial charge in [-0.05, 0) is 43.4 Å². The molecule has 166 valence electrons. The van der Waals surface area contributed by atoms with E-state index >= 15 is 0 Å². The number of rotatable bonds is 6. The lowest BCUT2D eigenvalue weighted by molar-refractivity contribution is -0.121. The smallest absolute Gasteiger partial charge is 0.262 e. The summed E-state index contributed by atoms with van der Waals surface area (Å²) in [5, 5.41) is 6.11. The minimum atomic E-state index is -0.340. The van der Waals surface area contributed by atoms with Gasteiger partial charge < -0.3 is 20.1 Å². The zero-order valence-electron chi connectivity index (χ0n) is 17.3. The van der Waals surface area contributed by atoms with Crippen LogP contribution in [0.1, 0.15) is 29.7 Å². The van der Waals surface area contributed by atoms with Crippen molar-refractivity contribution in [2.24, 2.45) is 0 Å². The molecule has 0 bridgehead atoms. The average Bonchev–Trinajstić information content (AvgIpc) is 3.40. The van der Waals surface area contributed by atoms with Crippen molar-refractivity contribution in [1.29, 1.82) is 0 Å². The van der Waals surface area contributed by atoms with Crippen LogP contribution < -0.4 is 25.7 Å². The predicted molar refractivity (Wildman–Crippen MR) is 119 cm³/mol. The number of thiophene rings is 1. The van der Waals surface area contributed by atoms with Crippen molar-refractivity contribution in [3.8, 4) is 11.5 Å². The third-order valence-corrected chi connectivity index (χ3v) is 6.79. The number of carbonyl (C=O) groups excluding carboxylic acids is 2. The van der Waals surface area contributed by atoms with Crippen molar-refractivity contribution in [2.45, 2.75) is 38.6 Å². The van der Waals surface area contributed by atoms with Gasteiger partial charge in [0.15, 0.2) is 11.5 Å². The van der Waals surface area contributed by atoms with E-state index in [1.54, 1.807) is 29.5 Å². The van der Waals surface area contributed by atoms with Crippen molar-refractivity contribution >= 4 is 39.1 Å². The first-order valence-corrected chi connectivity index (χ1v) is 11.4. The Morgan fingerprint density at radius 3 is 2.88 bits per heavy atom. The lowest BCUT2D eigenvalue weighted by atomic mass is 9.97. The average molecular weight is 455 g/mol. The molecule has 0 unspecified atom stereocenters. The third kappa shape index (κ3) is 4.05. The first-order valence-electron chi connectivity index (χ1n) is 10.5. The van der Waals surface area contributed by atoms with Gasteiger partial charge in [-0.25, -0.2) is 4.98 Å². The maximum absolute atomic E-state index is 12.9. The van der Waals surface area contributed by atoms with Gasteiger partial charge in [-0.15, -0.1) is 11.3 Å². The Labute approximate surface area is 187 Å². The van der Waals surface area contributed by atoms with E-state index in [4.69, 9.17) is 9.47 Å². The zero-order valence-corrected chi connectivity index (χ0v) is 18.1. The molecule has 2 aliphatic rings. The summed E-state index contributed by atoms with van der Waals surface area (Å²) in [5.41, 5.74) is 1.52. The Bertz CT molecular complexity index is 1270. The highest BCUT2D eigenvalue weighted by molar-refractivity contribution is 7.18. The second-order valence-corrected chi connectivity index (χ2v) is 8.87. The number of nitrogens with one attached hydrogen (secondary N) is 2. The van der Waals surface area contributed by atoms with Gasteiger partial charge in [0.25, 0.3) is 5.56 Å². The van der Waals surface area contributed by atoms with Crippen LogP contribution in [0.5, 0.6) is 11.5 Å². The van der Waals surface area contributed by atoms with Crippen LogP contribution in [-0.4, -0.2) is 34.7 Å². The quantitative estimate of drug-likeness (QED) is 0.591. The normalized spacial score (nSPS) is 14.2. The molecule has 0 saturated carbocycles. The number of fused-ring (bicyclic) bond motifs is 4. The van der Waals surface area contributed by atoms with Crippen LogP contribution in [0.3, 0.4) is 0 Å². The fourth-order valence-corrected chi connectivity index (χ4v) is 5.24. The van der Waals surface area contributed by atoms with Crippen molar-refractivity contribution in [3.63, 3.8) is 0 Å². The minimum absolute atomic E-state index is 0.102. The van der Waals surface area contributed by atoms with E-state index in [-0.39, 0.29) is 43.7 Å². The number of carbonyl (C=O) groups is 2. The SMILES string of the molecule is O=C(Cn1cnc2sc3c(c2c1=O)CCCC3)NCCC(=O)Nc1ccc2c(c1)OCO2. The molecule has 0 fully saturated rings. The molecule has 0 spiro atoms. The van der Waals surface area contributed by atoms with E-state index in [0.29, 0.717) is 22.6 Å². The predicted octanol–water partition coefficient (Wildman–Crippen LogP) is 2.21. The summed E-state index contributed by atoms with van der Waals surface area (Å²) in [6.07, 6.45) is 5.62. The summed E-state index contributed by atoms with van der Waals surface area (Å²) in [5.74, 6) is 0.641. The molecule has 1 aliphatic carbocycles. The van der Waals surface area contributed by atoms with Gasteiger partial charge in [0.1, 0.15) is 11.4 Å². The third-order valence-electron chi connectivity index (χ3n) is 5.59. The molecule has 9 nitrogen and oxygen atoms in total. The van der Waals surface area contributed by atoms with Crippen LogP contribution in [0.4, 0.5) is 5.69 Å². The number of nitrogens with zero attached hydrogens (tertiary/aromatic N) is 2. The van der Waals surface area contributed by atoms with Crippen LogP contribution in [0, 0.1) is 0 Å². The van der Waals surface area contributed by atoms with Crippen molar-refractivity contribution in [1.82, 2.24) is 14.9 Å². The second kappa shape index (κ2) is 8.62. The van der Waals surface area contributed by atoms with E-state index in [1.165, 1.54) is 15.8 Å². The number of hydrogen-bond acceptors (Lipinski definition) is 7. The number of amides is 2. The Balaban J connectivity index is 1.16. The molecule has 2 N–H and O–H groups in total. The van der Waals surface area contributed by atoms with Gasteiger partial charge in [0, 0.05) is 29.6 Å². The van der Waals surface area contributed by atoms with E-state index in [9.17, 15) is 14.4 Å². The highest BCUT2D eigenvalue weighted by atomic mass is 32.1. The molecule has 2 amide bonds. The molecule has 2 aromatic heterocycles. The number of benzene rings is 1. The van der Waals surface area contributed by atoms with Crippen LogP contribution in [0.25, 0.3) is 10.2 Å². The first kappa shape index (κ1) is 20.5. The van der Waals surface area contributed by atoms with Crippen molar-refractivity contribution < 1.29 is 19.1 Å². The summed E-state index contributed by atoms with van der Waals surface area (Å²) in [7, 11) is 0. The fourth-order valence-electron chi connectivity index (χ4n) is 4.02. The molecule has 1 aromatic carbocycles. The largest absolute Gasteiger partial charge is 0.454 e. The molecule has 5 rings (SSSR count). The Morgan fingerprint density at radius 1 is 1.12 bits per heavy atom. The summed E-state index contributed by atoms with van der Waals surface area (Å²) in [6, 6.07) is 5.15. The molecule has 3 aromatic rings. The second-order valence-electron chi connectivity index (χ2n) is 7.78. The summed E-state index contributed by atoms with van der Waals surface area (Å²) < 4.78 is 11.9. The van der Waals surface area contributed by atoms with Gasteiger partial charge in [0.05, 0.1) is 11.7 Å². The Hall–Kier alpha value is -3.40. The number of aryl methyl sites for hydroxylation is 2. The van der Waals surface area contributed by atoms with Gasteiger partial charge in [-0.1, -0.05) is 0 Å². The van der Waals surface area contributed by atoms with Gasteiger partial charge >= 0.3 is 0 Å². The van der Waals surface area contributed by atoms with Gasteiger partial charge in [-0.2, -0.15) is 0 Å². The van der Waals surface area contributed by atoms with Crippen LogP contribution in [0.15, 0.2) is 29.3 Å². The molecule has 32 heavy (non-hydrogen) atoms. The maximum atomic E-state index is 12.9. The standard InChI is InChI=1S/C22H22N4O5S/c27-18(25-13-5-6-15-16(9-13)31-12-30-15)7-8-23-19(28)10-26-11-24-21-20(22(26)29)14-3-1-2-4-17(14)32-21/h5-6,9,11H,1-4,7-8,10,12H2,(H,23,28)(H,25,27). The number of anilines is 1. The molecule has 10 heteroatoms. The summed E-state index contributed by atoms with van der Waals surface area (Å²) in [4.78, 5) is 43.8. The highest BCUT2D eigenvalue weighted by Gasteiger charge is 2.20. The highest BCUT2D eigenvalue weighted by Crippen LogP contribution is 2.34. The lowest BCUT2D eigenvalue weighted by Crippen LogP contribution is -2.34. The number of ether oxygens (including phenoxy) is 2. The van der Waals surface area contributed by atoms with Crippen molar-refractivity contribution in [2.75, 3.05) is 18.7 Å². The van der Waals surface area contributed by atoms with E-state index < -0.39 is 0 Å². The minimum Gasteiger partial charge on any atom is -0.454 e. The van der Waals surface area contributed by atoms with E-state index in [1.807, 2.05) is 0 Å². The number of hydrogen-bond donors (Lipinski definition) is 2. The van der Waals surface area contributed by atoms with Crippen LogP contribution in [0.2, 0.25) is 0 Å². The van der Waals surface area contributed by atoms with Gasteiger partial charge in [-0.3, -0.25) is 19.0 Å². The molecule has 0 radical (unpaired) electrons. The monoisotopic (exact) mass is 454 g/mol. The summed E-state index contributed by atoms with van der Waals surface area (Å²) in [6.45, 7) is 0.197. The lowest BCUT2D eigenvalue weighted by Gasteiger charge is -2.11. The molecular formula is C22H22N4O5S. The zero-order chi connectivity index (χ0) is 22.1. The Morgan fingerprint density at radius 2 is 1.97 bits per heavy atom. The van der Waals surface area contributed by atoms with E-state index in [2.05, 4.69) is 15.6 Å². The number of aromatic nitrogens is 2. The molecule has 3 heterocycles. The molecule has 1 aliphatic heterocycles. The van der Waals surface area contributed by atoms with Crippen LogP contribution >= 0.6 is 11.3 Å². The van der Waals surface area contributed by atoms with Gasteiger partial charge in [0.2, 0.25) is 18.6 Å². The Kier molecular flexibility index (Phi) is 5.52.